The number of rotatable bonds is 5. The van der Waals surface area contributed by atoms with Crippen LogP contribution in [0, 0.1) is 0 Å². The van der Waals surface area contributed by atoms with Crippen molar-refractivity contribution in [1.82, 2.24) is 4.72 Å². The summed E-state index contributed by atoms with van der Waals surface area (Å²) >= 11 is 3.23. The maximum absolute atomic E-state index is 12.4. The van der Waals surface area contributed by atoms with Gasteiger partial charge < -0.3 is 10.8 Å². The molecule has 2 aromatic rings. The molecule has 0 saturated heterocycles. The van der Waals surface area contributed by atoms with Crippen molar-refractivity contribution in [2.24, 2.45) is 0 Å². The summed E-state index contributed by atoms with van der Waals surface area (Å²) in [6.45, 7) is -0.348. The van der Waals surface area contributed by atoms with Crippen molar-refractivity contribution in [3.8, 4) is 0 Å². The average Bonchev–Trinajstić information content (AvgIpc) is 2.45. The van der Waals surface area contributed by atoms with E-state index in [1.54, 1.807) is 30.3 Å². The maximum Gasteiger partial charge on any atom is 0.243 e. The Morgan fingerprint density at radius 3 is 2.43 bits per heavy atom. The summed E-state index contributed by atoms with van der Waals surface area (Å²) < 4.78 is 27.9. The second-order valence-corrected chi connectivity index (χ2v) is 7.05. The van der Waals surface area contributed by atoms with Crippen LogP contribution in [0.25, 0.3) is 0 Å². The van der Waals surface area contributed by atoms with Crippen LogP contribution in [-0.2, 0) is 10.0 Å². The van der Waals surface area contributed by atoms with Gasteiger partial charge in [-0.15, -0.1) is 0 Å². The molecule has 0 amide bonds. The Morgan fingerprint density at radius 2 is 1.86 bits per heavy atom. The monoisotopic (exact) mass is 370 g/mol. The van der Waals surface area contributed by atoms with Crippen LogP contribution in [-0.4, -0.2) is 20.1 Å². The Bertz CT molecular complexity index is 720. The molecule has 0 aromatic heterocycles. The van der Waals surface area contributed by atoms with E-state index in [9.17, 15) is 13.5 Å². The first-order chi connectivity index (χ1) is 9.94. The van der Waals surface area contributed by atoms with Gasteiger partial charge in [-0.2, -0.15) is 0 Å². The number of hydrogen-bond donors (Lipinski definition) is 3. The van der Waals surface area contributed by atoms with Gasteiger partial charge in [-0.25, -0.2) is 13.1 Å². The van der Waals surface area contributed by atoms with E-state index in [4.69, 9.17) is 5.73 Å². The van der Waals surface area contributed by atoms with Gasteiger partial charge in [0.15, 0.2) is 0 Å². The molecule has 2 rings (SSSR count). The van der Waals surface area contributed by atoms with Gasteiger partial charge in [0.1, 0.15) is 4.90 Å². The molecule has 7 heteroatoms. The van der Waals surface area contributed by atoms with Crippen molar-refractivity contribution in [2.45, 2.75) is 10.9 Å². The van der Waals surface area contributed by atoms with E-state index in [1.165, 1.54) is 12.1 Å². The van der Waals surface area contributed by atoms with Crippen LogP contribution in [0.5, 0.6) is 0 Å². The predicted octanol–water partition coefficient (Wildman–Crippen LogP) is 2.04. The molecular weight excluding hydrogens is 356 g/mol. The van der Waals surface area contributed by atoms with Crippen LogP contribution in [0.2, 0.25) is 0 Å². The third-order valence-electron chi connectivity index (χ3n) is 2.94. The topological polar surface area (TPSA) is 92.4 Å². The highest BCUT2D eigenvalue weighted by Gasteiger charge is 2.22. The van der Waals surface area contributed by atoms with E-state index in [0.717, 1.165) is 0 Å². The third-order valence-corrected chi connectivity index (χ3v) is 4.98. The van der Waals surface area contributed by atoms with Crippen molar-refractivity contribution < 1.29 is 13.5 Å². The molecule has 1 atom stereocenters. The van der Waals surface area contributed by atoms with Gasteiger partial charge in [-0.3, -0.25) is 0 Å². The van der Waals surface area contributed by atoms with Crippen LogP contribution >= 0.6 is 15.9 Å². The van der Waals surface area contributed by atoms with Gasteiger partial charge in [0.2, 0.25) is 10.0 Å². The molecule has 0 spiro atoms. The number of aliphatic hydroxyl groups is 1. The molecule has 0 aliphatic rings. The molecule has 0 aliphatic heterocycles. The summed E-state index contributed by atoms with van der Waals surface area (Å²) in [6, 6.07) is 12.7. The van der Waals surface area contributed by atoms with Gasteiger partial charge in [-0.05, 0) is 23.8 Å². The quantitative estimate of drug-likeness (QED) is 0.702. The van der Waals surface area contributed by atoms with E-state index in [-0.39, 0.29) is 17.2 Å². The fourth-order valence-electron chi connectivity index (χ4n) is 1.91. The van der Waals surface area contributed by atoms with E-state index in [1.807, 2.05) is 6.07 Å². The molecule has 0 heterocycles. The summed E-state index contributed by atoms with van der Waals surface area (Å²) in [4.78, 5) is -0.0138. The molecule has 5 nitrogen and oxygen atoms in total. The summed E-state index contributed by atoms with van der Waals surface area (Å²) in [5.74, 6) is 0. The van der Waals surface area contributed by atoms with Gasteiger partial charge in [0, 0.05) is 4.47 Å². The number of benzene rings is 2. The third kappa shape index (κ3) is 3.82. The van der Waals surface area contributed by atoms with Gasteiger partial charge in [0.25, 0.3) is 0 Å². The van der Waals surface area contributed by atoms with Crippen molar-refractivity contribution in [1.29, 1.82) is 0 Å². The average molecular weight is 371 g/mol. The minimum Gasteiger partial charge on any atom is -0.398 e. The van der Waals surface area contributed by atoms with E-state index >= 15 is 0 Å². The Kier molecular flexibility index (Phi) is 5.00. The molecule has 4 N–H and O–H groups in total. The second kappa shape index (κ2) is 6.57. The summed E-state index contributed by atoms with van der Waals surface area (Å²) in [6.07, 6.45) is 0. The molecule has 0 unspecified atom stereocenters. The maximum atomic E-state index is 12.4. The fourth-order valence-corrected chi connectivity index (χ4v) is 3.62. The van der Waals surface area contributed by atoms with Crippen molar-refractivity contribution in [3.05, 3.63) is 58.6 Å². The molecule has 0 aliphatic carbocycles. The highest BCUT2D eigenvalue weighted by atomic mass is 79.9. The molecule has 0 bridgehead atoms. The number of anilines is 1. The number of hydrogen-bond acceptors (Lipinski definition) is 4. The number of nitrogen functional groups attached to an aromatic ring is 1. The summed E-state index contributed by atoms with van der Waals surface area (Å²) in [5.41, 5.74) is 6.57. The Labute approximate surface area is 132 Å². The highest BCUT2D eigenvalue weighted by Crippen LogP contribution is 2.24. The summed E-state index contributed by atoms with van der Waals surface area (Å²) in [7, 11) is -3.82. The SMILES string of the molecule is Nc1cc(Br)ccc1S(=O)(=O)N[C@@H](CO)c1ccccc1. The van der Waals surface area contributed by atoms with Crippen LogP contribution < -0.4 is 10.5 Å². The highest BCUT2D eigenvalue weighted by molar-refractivity contribution is 9.10. The smallest absolute Gasteiger partial charge is 0.243 e. The molecule has 0 fully saturated rings. The van der Waals surface area contributed by atoms with Crippen LogP contribution in [0.15, 0.2) is 57.9 Å². The lowest BCUT2D eigenvalue weighted by Gasteiger charge is -2.17. The van der Waals surface area contributed by atoms with E-state index in [2.05, 4.69) is 20.7 Å². The number of sulfonamides is 1. The number of halogens is 1. The normalized spacial score (nSPS) is 13.0. The molecule has 2 aromatic carbocycles. The van der Waals surface area contributed by atoms with Crippen LogP contribution in [0.4, 0.5) is 5.69 Å². The minimum atomic E-state index is -3.82. The second-order valence-electron chi connectivity index (χ2n) is 4.45. The number of aliphatic hydroxyl groups excluding tert-OH is 1. The largest absolute Gasteiger partial charge is 0.398 e. The Balaban J connectivity index is 2.32. The van der Waals surface area contributed by atoms with Gasteiger partial charge >= 0.3 is 0 Å². The first-order valence-electron chi connectivity index (χ1n) is 6.17. The summed E-state index contributed by atoms with van der Waals surface area (Å²) in [5, 5.41) is 9.44. The predicted molar refractivity (Wildman–Crippen MR) is 85.1 cm³/mol. The van der Waals surface area contributed by atoms with Gasteiger partial charge in [0.05, 0.1) is 18.3 Å². The zero-order valence-electron chi connectivity index (χ0n) is 11.0. The fraction of sp³-hybridized carbons (Fsp3) is 0.143. The lowest BCUT2D eigenvalue weighted by Crippen LogP contribution is -2.31. The first kappa shape index (κ1) is 16.0. The lowest BCUT2D eigenvalue weighted by atomic mass is 10.1. The standard InChI is InChI=1S/C14H15BrN2O3S/c15-11-6-7-14(12(16)8-11)21(19,20)17-13(9-18)10-4-2-1-3-5-10/h1-8,13,17-18H,9,16H2/t13-/m0/s1. The number of nitrogens with two attached hydrogens (primary N) is 1. The van der Waals surface area contributed by atoms with Crippen molar-refractivity contribution in [3.63, 3.8) is 0 Å². The number of nitrogens with one attached hydrogen (secondary N) is 1. The molecular formula is C14H15BrN2O3S. The van der Waals surface area contributed by atoms with Crippen molar-refractivity contribution in [2.75, 3.05) is 12.3 Å². The zero-order chi connectivity index (χ0) is 15.5. The minimum absolute atomic E-state index is 0.0138. The Hall–Kier alpha value is -1.41. The van der Waals surface area contributed by atoms with Crippen LogP contribution in [0.3, 0.4) is 0 Å². The van der Waals surface area contributed by atoms with Gasteiger partial charge in [-0.1, -0.05) is 46.3 Å². The molecule has 0 saturated carbocycles. The first-order valence-corrected chi connectivity index (χ1v) is 8.45. The van der Waals surface area contributed by atoms with E-state index < -0.39 is 16.1 Å². The van der Waals surface area contributed by atoms with Crippen molar-refractivity contribution >= 4 is 31.6 Å². The van der Waals surface area contributed by atoms with E-state index in [0.29, 0.717) is 10.0 Å². The zero-order valence-corrected chi connectivity index (χ0v) is 13.4. The molecule has 112 valence electrons. The molecule has 21 heavy (non-hydrogen) atoms. The lowest BCUT2D eigenvalue weighted by molar-refractivity contribution is 0.259. The van der Waals surface area contributed by atoms with Crippen LogP contribution in [0.1, 0.15) is 11.6 Å². The molecule has 0 radical (unpaired) electrons. The Morgan fingerprint density at radius 1 is 1.19 bits per heavy atom.